The van der Waals surface area contributed by atoms with Crippen LogP contribution < -0.4 is 0 Å². The molecule has 1 nitrogen and oxygen atoms in total. The predicted molar refractivity (Wildman–Crippen MR) is 38.4 cm³/mol. The summed E-state index contributed by atoms with van der Waals surface area (Å²) in [6.45, 7) is 3.73. The molecule has 1 aliphatic heterocycles. The van der Waals surface area contributed by atoms with Crippen LogP contribution in [0.1, 0.15) is 26.2 Å². The van der Waals surface area contributed by atoms with E-state index < -0.39 is 0 Å². The lowest BCUT2D eigenvalue weighted by Gasteiger charge is -2.21. The Bertz CT molecular complexity index is 115. The van der Waals surface area contributed by atoms with E-state index in [1.807, 2.05) is 0 Å². The molecular formula is C8H15N. The fourth-order valence-corrected chi connectivity index (χ4v) is 2.26. The Morgan fingerprint density at radius 2 is 2.11 bits per heavy atom. The van der Waals surface area contributed by atoms with Crippen LogP contribution in [0.5, 0.6) is 0 Å². The minimum Gasteiger partial charge on any atom is -0.300 e. The zero-order valence-electron chi connectivity index (χ0n) is 6.35. The Labute approximate surface area is 57.0 Å². The van der Waals surface area contributed by atoms with E-state index in [0.717, 1.165) is 5.92 Å². The third-order valence-corrected chi connectivity index (χ3v) is 3.34. The lowest BCUT2D eigenvalue weighted by Crippen LogP contribution is -2.30. The van der Waals surface area contributed by atoms with Crippen LogP contribution in [0, 0.1) is 5.92 Å². The molecule has 2 aliphatic rings. The molecule has 0 unspecified atom stereocenters. The van der Waals surface area contributed by atoms with E-state index in [9.17, 15) is 0 Å². The highest BCUT2D eigenvalue weighted by Gasteiger charge is 2.53. The molecule has 9 heavy (non-hydrogen) atoms. The van der Waals surface area contributed by atoms with Gasteiger partial charge in [0.05, 0.1) is 0 Å². The normalized spacial score (nSPS) is 40.0. The number of rotatable bonds is 0. The second kappa shape index (κ2) is 1.51. The van der Waals surface area contributed by atoms with Gasteiger partial charge < -0.3 is 4.90 Å². The summed E-state index contributed by atoms with van der Waals surface area (Å²) in [5, 5.41) is 0. The molecule has 1 heterocycles. The van der Waals surface area contributed by atoms with Crippen molar-refractivity contribution in [3.8, 4) is 0 Å². The Morgan fingerprint density at radius 1 is 1.44 bits per heavy atom. The van der Waals surface area contributed by atoms with Crippen LogP contribution >= 0.6 is 0 Å². The number of hydrogen-bond acceptors (Lipinski definition) is 1. The molecule has 0 bridgehead atoms. The van der Waals surface area contributed by atoms with Crippen molar-refractivity contribution in [1.29, 1.82) is 0 Å². The second-order valence-electron chi connectivity index (χ2n) is 3.71. The van der Waals surface area contributed by atoms with E-state index in [2.05, 4.69) is 18.9 Å². The van der Waals surface area contributed by atoms with Crippen LogP contribution in [-0.4, -0.2) is 24.0 Å². The van der Waals surface area contributed by atoms with Gasteiger partial charge in [0, 0.05) is 5.54 Å². The first kappa shape index (κ1) is 5.72. The smallest absolute Gasteiger partial charge is 0.0233 e. The first-order valence-corrected chi connectivity index (χ1v) is 3.97. The fraction of sp³-hybridized carbons (Fsp3) is 1.00. The highest BCUT2D eigenvalue weighted by Crippen LogP contribution is 2.51. The average molecular weight is 125 g/mol. The minimum atomic E-state index is 0.694. The summed E-state index contributed by atoms with van der Waals surface area (Å²) in [7, 11) is 2.27. The topological polar surface area (TPSA) is 3.24 Å². The van der Waals surface area contributed by atoms with Gasteiger partial charge in [-0.1, -0.05) is 6.92 Å². The summed E-state index contributed by atoms with van der Waals surface area (Å²) < 4.78 is 0. The Hall–Kier alpha value is -0.0400. The predicted octanol–water partition coefficient (Wildman–Crippen LogP) is 1.49. The van der Waals surface area contributed by atoms with Crippen molar-refractivity contribution in [3.05, 3.63) is 0 Å². The van der Waals surface area contributed by atoms with Crippen LogP contribution in [0.3, 0.4) is 0 Å². The molecule has 0 amide bonds. The number of hydrogen-bond donors (Lipinski definition) is 0. The maximum Gasteiger partial charge on any atom is 0.0233 e. The maximum absolute atomic E-state index is 2.55. The van der Waals surface area contributed by atoms with Crippen LogP contribution in [0.25, 0.3) is 0 Å². The number of nitrogens with zero attached hydrogens (tertiary/aromatic N) is 1. The Morgan fingerprint density at radius 3 is 2.33 bits per heavy atom. The molecule has 1 saturated carbocycles. The molecule has 0 radical (unpaired) electrons. The molecular weight excluding hydrogens is 110 g/mol. The maximum atomic E-state index is 2.55. The van der Waals surface area contributed by atoms with E-state index >= 15 is 0 Å². The SMILES string of the molecule is C[C@@H]1CCN(C)C12CC2. The minimum absolute atomic E-state index is 0.694. The first-order chi connectivity index (χ1) is 4.26. The van der Waals surface area contributed by atoms with Crippen molar-refractivity contribution in [1.82, 2.24) is 4.90 Å². The van der Waals surface area contributed by atoms with Gasteiger partial charge in [0.25, 0.3) is 0 Å². The zero-order chi connectivity index (χ0) is 6.48. The molecule has 1 spiro atoms. The van der Waals surface area contributed by atoms with Gasteiger partial charge in [-0.3, -0.25) is 0 Å². The molecule has 0 aromatic rings. The summed E-state index contributed by atoms with van der Waals surface area (Å²) in [5.41, 5.74) is 0.694. The summed E-state index contributed by atoms with van der Waals surface area (Å²) in [6.07, 6.45) is 4.35. The summed E-state index contributed by atoms with van der Waals surface area (Å²) in [5.74, 6) is 0.975. The molecule has 1 heteroatoms. The summed E-state index contributed by atoms with van der Waals surface area (Å²) in [6, 6.07) is 0. The average Bonchev–Trinajstić information content (AvgIpc) is 2.56. The van der Waals surface area contributed by atoms with Crippen LogP contribution in [0.4, 0.5) is 0 Å². The van der Waals surface area contributed by atoms with E-state index in [-0.39, 0.29) is 0 Å². The van der Waals surface area contributed by atoms with Crippen molar-refractivity contribution in [3.63, 3.8) is 0 Å². The lowest BCUT2D eigenvalue weighted by molar-refractivity contribution is 0.257. The molecule has 1 aliphatic carbocycles. The standard InChI is InChI=1S/C8H15N/c1-7-3-6-9(2)8(7)4-5-8/h7H,3-6H2,1-2H3/t7-/m1/s1. The van der Waals surface area contributed by atoms with Gasteiger partial charge >= 0.3 is 0 Å². The van der Waals surface area contributed by atoms with E-state index in [0.29, 0.717) is 5.54 Å². The highest BCUT2D eigenvalue weighted by atomic mass is 15.2. The van der Waals surface area contributed by atoms with Gasteiger partial charge in [-0.15, -0.1) is 0 Å². The van der Waals surface area contributed by atoms with Crippen molar-refractivity contribution in [2.45, 2.75) is 31.7 Å². The van der Waals surface area contributed by atoms with Crippen molar-refractivity contribution < 1.29 is 0 Å². The van der Waals surface area contributed by atoms with Crippen LogP contribution in [0.2, 0.25) is 0 Å². The largest absolute Gasteiger partial charge is 0.300 e. The number of likely N-dealkylation sites (tertiary alicyclic amines) is 1. The van der Waals surface area contributed by atoms with E-state index in [1.165, 1.54) is 25.8 Å². The van der Waals surface area contributed by atoms with Gasteiger partial charge in [-0.2, -0.15) is 0 Å². The molecule has 1 saturated heterocycles. The molecule has 2 fully saturated rings. The molecule has 52 valence electrons. The molecule has 0 aromatic carbocycles. The lowest BCUT2D eigenvalue weighted by atomic mass is 10.0. The van der Waals surface area contributed by atoms with Crippen molar-refractivity contribution >= 4 is 0 Å². The zero-order valence-corrected chi connectivity index (χ0v) is 6.35. The van der Waals surface area contributed by atoms with E-state index in [1.54, 1.807) is 0 Å². The second-order valence-corrected chi connectivity index (χ2v) is 3.71. The van der Waals surface area contributed by atoms with Gasteiger partial charge in [-0.05, 0) is 38.8 Å². The molecule has 2 rings (SSSR count). The molecule has 1 atom stereocenters. The van der Waals surface area contributed by atoms with Gasteiger partial charge in [-0.25, -0.2) is 0 Å². The van der Waals surface area contributed by atoms with Gasteiger partial charge in [0.1, 0.15) is 0 Å². The third-order valence-electron chi connectivity index (χ3n) is 3.34. The van der Waals surface area contributed by atoms with Gasteiger partial charge in [0.2, 0.25) is 0 Å². The first-order valence-electron chi connectivity index (χ1n) is 3.97. The quantitative estimate of drug-likeness (QED) is 0.474. The monoisotopic (exact) mass is 125 g/mol. The Kier molecular flexibility index (Phi) is 0.963. The van der Waals surface area contributed by atoms with Crippen molar-refractivity contribution in [2.24, 2.45) is 5.92 Å². The fourth-order valence-electron chi connectivity index (χ4n) is 2.26. The highest BCUT2D eigenvalue weighted by molar-refractivity contribution is 5.09. The van der Waals surface area contributed by atoms with Gasteiger partial charge in [0.15, 0.2) is 0 Å². The van der Waals surface area contributed by atoms with E-state index in [4.69, 9.17) is 0 Å². The van der Waals surface area contributed by atoms with Crippen LogP contribution in [0.15, 0.2) is 0 Å². The van der Waals surface area contributed by atoms with Crippen molar-refractivity contribution in [2.75, 3.05) is 13.6 Å². The summed E-state index contributed by atoms with van der Waals surface area (Å²) >= 11 is 0. The van der Waals surface area contributed by atoms with Crippen LogP contribution in [-0.2, 0) is 0 Å². The molecule has 0 aromatic heterocycles. The summed E-state index contributed by atoms with van der Waals surface area (Å²) in [4.78, 5) is 2.55. The molecule has 0 N–H and O–H groups in total. The Balaban J connectivity index is 2.17. The third kappa shape index (κ3) is 0.586.